The van der Waals surface area contributed by atoms with Crippen molar-refractivity contribution in [3.63, 3.8) is 0 Å². The monoisotopic (exact) mass is 373 g/mol. The first-order chi connectivity index (χ1) is 12.3. The number of nitrogens with zero attached hydrogens (tertiary/aromatic N) is 5. The van der Waals surface area contributed by atoms with Crippen molar-refractivity contribution in [1.82, 2.24) is 25.1 Å². The van der Waals surface area contributed by atoms with E-state index in [9.17, 15) is 4.79 Å². The van der Waals surface area contributed by atoms with E-state index in [1.165, 1.54) is 11.1 Å². The van der Waals surface area contributed by atoms with Crippen LogP contribution in [-0.4, -0.2) is 45.1 Å². The van der Waals surface area contributed by atoms with E-state index in [1.54, 1.807) is 39.2 Å². The maximum atomic E-state index is 12.0. The molecule has 3 N–H and O–H groups in total. The quantitative estimate of drug-likeness (QED) is 0.715. The summed E-state index contributed by atoms with van der Waals surface area (Å²) in [6, 6.07) is 4.95. The first kappa shape index (κ1) is 17.6. The molecule has 2 aromatic heterocycles. The van der Waals surface area contributed by atoms with Crippen LogP contribution in [0.2, 0.25) is 5.02 Å². The van der Waals surface area contributed by atoms with Gasteiger partial charge in [0.1, 0.15) is 5.82 Å². The smallest absolute Gasteiger partial charge is 0.254 e. The molecule has 3 aromatic rings. The number of aryl methyl sites for hydroxylation is 1. The number of rotatable bonds is 4. The summed E-state index contributed by atoms with van der Waals surface area (Å²) < 4.78 is 5.32. The summed E-state index contributed by atoms with van der Waals surface area (Å²) >= 11 is 6.19. The number of aromatic nitrogens is 4. The van der Waals surface area contributed by atoms with E-state index < -0.39 is 0 Å². The number of hydrogen-bond acceptors (Lipinski definition) is 8. The Labute approximate surface area is 154 Å². The highest BCUT2D eigenvalue weighted by Crippen LogP contribution is 2.26. The van der Waals surface area contributed by atoms with Crippen LogP contribution < -0.4 is 11.1 Å². The minimum absolute atomic E-state index is 0.179. The third-order valence-corrected chi connectivity index (χ3v) is 3.75. The number of benzene rings is 1. The van der Waals surface area contributed by atoms with Crippen LogP contribution in [0.15, 0.2) is 28.8 Å². The normalized spacial score (nSPS) is 10.6. The summed E-state index contributed by atoms with van der Waals surface area (Å²) in [5.74, 6) is 0.952. The fourth-order valence-electron chi connectivity index (χ4n) is 2.16. The zero-order valence-corrected chi connectivity index (χ0v) is 15.1. The van der Waals surface area contributed by atoms with Gasteiger partial charge in [0.2, 0.25) is 11.8 Å². The third-order valence-electron chi connectivity index (χ3n) is 3.44. The second-order valence-electron chi connectivity index (χ2n) is 5.64. The van der Waals surface area contributed by atoms with Gasteiger partial charge >= 0.3 is 0 Å². The van der Waals surface area contributed by atoms with Crippen LogP contribution in [-0.2, 0) is 0 Å². The number of amides is 1. The lowest BCUT2D eigenvalue weighted by atomic mass is 10.2. The average molecular weight is 374 g/mol. The first-order valence-electron chi connectivity index (χ1n) is 7.56. The number of nitrogens with one attached hydrogen (secondary N) is 1. The highest BCUT2D eigenvalue weighted by molar-refractivity contribution is 6.34. The predicted molar refractivity (Wildman–Crippen MR) is 97.2 cm³/mol. The molecule has 1 aromatic carbocycles. The molecule has 0 radical (unpaired) electrons. The standard InChI is InChI=1S/C16H16ClN7O2/c1-8-22-23-14(26-8)11-7-19-16(21-13(11)18)20-9-4-5-10(12(17)6-9)15(25)24(2)3/h4-7H,1-3H3,(H3,18,19,20,21). The van der Waals surface area contributed by atoms with Crippen molar-refractivity contribution in [3.05, 3.63) is 40.9 Å². The van der Waals surface area contributed by atoms with Gasteiger partial charge in [-0.25, -0.2) is 4.98 Å². The van der Waals surface area contributed by atoms with Gasteiger partial charge in [0.25, 0.3) is 11.8 Å². The molecule has 26 heavy (non-hydrogen) atoms. The van der Waals surface area contributed by atoms with Gasteiger partial charge in [-0.1, -0.05) is 11.6 Å². The van der Waals surface area contributed by atoms with Crippen LogP contribution in [0.25, 0.3) is 11.5 Å². The molecule has 0 unspecified atom stereocenters. The summed E-state index contributed by atoms with van der Waals surface area (Å²) in [5, 5.41) is 10.9. The van der Waals surface area contributed by atoms with Crippen molar-refractivity contribution in [2.24, 2.45) is 0 Å². The molecule has 0 aliphatic carbocycles. The Hall–Kier alpha value is -3.20. The van der Waals surface area contributed by atoms with Gasteiger partial charge < -0.3 is 20.4 Å². The molecule has 0 aliphatic heterocycles. The van der Waals surface area contributed by atoms with Crippen LogP contribution in [0, 0.1) is 6.92 Å². The van der Waals surface area contributed by atoms with E-state index >= 15 is 0 Å². The average Bonchev–Trinajstić information content (AvgIpc) is 3.00. The molecule has 3 rings (SSSR count). The molecule has 134 valence electrons. The number of anilines is 3. The Morgan fingerprint density at radius 1 is 1.31 bits per heavy atom. The minimum Gasteiger partial charge on any atom is -0.421 e. The molecule has 0 spiro atoms. The Morgan fingerprint density at radius 3 is 2.65 bits per heavy atom. The van der Waals surface area contributed by atoms with Crippen LogP contribution >= 0.6 is 11.6 Å². The summed E-state index contributed by atoms with van der Waals surface area (Å²) in [6.45, 7) is 1.68. The maximum absolute atomic E-state index is 12.0. The Kier molecular flexibility index (Phi) is 4.72. The number of carbonyl (C=O) groups is 1. The lowest BCUT2D eigenvalue weighted by molar-refractivity contribution is 0.0828. The van der Waals surface area contributed by atoms with E-state index in [4.69, 9.17) is 21.8 Å². The topological polar surface area (TPSA) is 123 Å². The maximum Gasteiger partial charge on any atom is 0.254 e. The van der Waals surface area contributed by atoms with Gasteiger partial charge in [0.15, 0.2) is 0 Å². The zero-order chi connectivity index (χ0) is 18.8. The highest BCUT2D eigenvalue weighted by Gasteiger charge is 2.15. The fraction of sp³-hybridized carbons (Fsp3) is 0.188. The lowest BCUT2D eigenvalue weighted by Crippen LogP contribution is -2.21. The minimum atomic E-state index is -0.179. The lowest BCUT2D eigenvalue weighted by Gasteiger charge is -2.13. The molecule has 0 saturated carbocycles. The van der Waals surface area contributed by atoms with E-state index in [-0.39, 0.29) is 23.6 Å². The summed E-state index contributed by atoms with van der Waals surface area (Å²) in [5.41, 5.74) is 7.42. The number of hydrogen-bond donors (Lipinski definition) is 2. The van der Waals surface area contributed by atoms with Crippen molar-refractivity contribution >= 4 is 35.0 Å². The summed E-state index contributed by atoms with van der Waals surface area (Å²) in [7, 11) is 3.32. The molecule has 10 heteroatoms. The van der Waals surface area contributed by atoms with Crippen LogP contribution in [0.4, 0.5) is 17.5 Å². The SMILES string of the molecule is Cc1nnc(-c2cnc(Nc3ccc(C(=O)N(C)C)c(Cl)c3)nc2N)o1. The van der Waals surface area contributed by atoms with Crippen molar-refractivity contribution in [2.75, 3.05) is 25.1 Å². The second-order valence-corrected chi connectivity index (χ2v) is 6.05. The highest BCUT2D eigenvalue weighted by atomic mass is 35.5. The van der Waals surface area contributed by atoms with Gasteiger partial charge in [0, 0.05) is 32.9 Å². The fourth-order valence-corrected chi connectivity index (χ4v) is 2.42. The molecule has 0 fully saturated rings. The summed E-state index contributed by atoms with van der Waals surface area (Å²) in [6.07, 6.45) is 1.49. The van der Waals surface area contributed by atoms with Gasteiger partial charge in [-0.15, -0.1) is 10.2 Å². The predicted octanol–water partition coefficient (Wildman–Crippen LogP) is 2.52. The van der Waals surface area contributed by atoms with Crippen molar-refractivity contribution in [2.45, 2.75) is 6.92 Å². The van der Waals surface area contributed by atoms with Crippen LogP contribution in [0.1, 0.15) is 16.2 Å². The van der Waals surface area contributed by atoms with E-state index in [0.717, 1.165) is 0 Å². The molecule has 9 nitrogen and oxygen atoms in total. The second kappa shape index (κ2) is 6.96. The van der Waals surface area contributed by atoms with Crippen molar-refractivity contribution in [1.29, 1.82) is 0 Å². The number of nitrogens with two attached hydrogens (primary N) is 1. The Bertz CT molecular complexity index is 971. The Morgan fingerprint density at radius 2 is 2.08 bits per heavy atom. The largest absolute Gasteiger partial charge is 0.421 e. The van der Waals surface area contributed by atoms with E-state index in [1.807, 2.05) is 0 Å². The molecule has 0 atom stereocenters. The van der Waals surface area contributed by atoms with Gasteiger partial charge in [-0.05, 0) is 18.2 Å². The third kappa shape index (κ3) is 3.57. The first-order valence-corrected chi connectivity index (χ1v) is 7.94. The molecule has 2 heterocycles. The molecule has 0 aliphatic rings. The molecular weight excluding hydrogens is 358 g/mol. The number of carbonyl (C=O) groups excluding carboxylic acids is 1. The number of nitrogen functional groups attached to an aromatic ring is 1. The van der Waals surface area contributed by atoms with Crippen LogP contribution in [0.3, 0.4) is 0 Å². The van der Waals surface area contributed by atoms with Gasteiger partial charge in [-0.2, -0.15) is 4.98 Å². The van der Waals surface area contributed by atoms with E-state index in [0.29, 0.717) is 27.7 Å². The molecular formula is C16H16ClN7O2. The van der Waals surface area contributed by atoms with E-state index in [2.05, 4.69) is 25.5 Å². The molecule has 0 saturated heterocycles. The molecule has 0 bridgehead atoms. The van der Waals surface area contributed by atoms with Gasteiger partial charge in [-0.3, -0.25) is 4.79 Å². The van der Waals surface area contributed by atoms with Crippen molar-refractivity contribution < 1.29 is 9.21 Å². The molecule has 1 amide bonds. The van der Waals surface area contributed by atoms with Crippen molar-refractivity contribution in [3.8, 4) is 11.5 Å². The van der Waals surface area contributed by atoms with Crippen LogP contribution in [0.5, 0.6) is 0 Å². The summed E-state index contributed by atoms with van der Waals surface area (Å²) in [4.78, 5) is 21.8. The Balaban J connectivity index is 1.82. The van der Waals surface area contributed by atoms with Gasteiger partial charge in [0.05, 0.1) is 16.1 Å². The zero-order valence-electron chi connectivity index (χ0n) is 14.3. The number of halogens is 1.